The van der Waals surface area contributed by atoms with Gasteiger partial charge in [0.15, 0.2) is 0 Å². The number of carbonyl (C=O) groups excluding carboxylic acids is 1. The molecule has 20 heavy (non-hydrogen) atoms. The smallest absolute Gasteiger partial charge is 0.272 e. The van der Waals surface area contributed by atoms with Crippen LogP contribution >= 0.6 is 0 Å². The van der Waals surface area contributed by atoms with Gasteiger partial charge in [-0.3, -0.25) is 14.5 Å². The molecule has 0 N–H and O–H groups in total. The molecule has 2 heterocycles. The van der Waals surface area contributed by atoms with Crippen LogP contribution in [0.15, 0.2) is 36.7 Å². The number of amides is 1. The van der Waals surface area contributed by atoms with Crippen LogP contribution in [0.1, 0.15) is 37.0 Å². The monoisotopic (exact) mass is 272 g/mol. The van der Waals surface area contributed by atoms with E-state index in [4.69, 9.17) is 0 Å². The lowest BCUT2D eigenvalue weighted by Gasteiger charge is -2.35. The Balaban J connectivity index is 2.30. The van der Waals surface area contributed by atoms with Crippen molar-refractivity contribution in [1.82, 2.24) is 19.7 Å². The summed E-state index contributed by atoms with van der Waals surface area (Å²) in [5.41, 5.74) is 1.16. The van der Waals surface area contributed by atoms with E-state index in [2.05, 4.69) is 10.1 Å². The molecule has 1 amide bonds. The third-order valence-corrected chi connectivity index (χ3v) is 3.14. The highest BCUT2D eigenvalue weighted by Gasteiger charge is 2.29. The number of hydrogen-bond donors (Lipinski definition) is 0. The molecular formula is C15H20N4O. The molecule has 0 spiro atoms. The second kappa shape index (κ2) is 5.45. The average molecular weight is 272 g/mol. The average Bonchev–Trinajstić information content (AvgIpc) is 2.81. The Morgan fingerprint density at radius 2 is 2.00 bits per heavy atom. The van der Waals surface area contributed by atoms with Crippen LogP contribution in [0.3, 0.4) is 0 Å². The Morgan fingerprint density at radius 1 is 1.25 bits per heavy atom. The van der Waals surface area contributed by atoms with Gasteiger partial charge in [0.05, 0.1) is 12.2 Å². The first kappa shape index (κ1) is 14.2. The van der Waals surface area contributed by atoms with Crippen molar-refractivity contribution in [3.63, 3.8) is 0 Å². The Bertz CT molecular complexity index is 583. The molecular weight excluding hydrogens is 252 g/mol. The number of nitrogens with zero attached hydrogens (tertiary/aromatic N) is 4. The van der Waals surface area contributed by atoms with E-state index in [1.165, 1.54) is 0 Å². The standard InChI is InChI=1S/C15H20N4O/c1-15(2,3)19(11-12-7-5-6-9-16-12)14(20)13-8-10-17-18(13)4/h5-10H,11H2,1-4H3. The van der Waals surface area contributed by atoms with Gasteiger partial charge in [-0.15, -0.1) is 0 Å². The minimum Gasteiger partial charge on any atom is -0.327 e. The fourth-order valence-electron chi connectivity index (χ4n) is 1.99. The molecule has 0 atom stereocenters. The topological polar surface area (TPSA) is 51.0 Å². The summed E-state index contributed by atoms with van der Waals surface area (Å²) in [5.74, 6) is -0.0387. The highest BCUT2D eigenvalue weighted by molar-refractivity contribution is 5.92. The largest absolute Gasteiger partial charge is 0.327 e. The van der Waals surface area contributed by atoms with Crippen molar-refractivity contribution in [3.8, 4) is 0 Å². The third kappa shape index (κ3) is 3.04. The van der Waals surface area contributed by atoms with Crippen molar-refractivity contribution in [2.24, 2.45) is 7.05 Å². The summed E-state index contributed by atoms with van der Waals surface area (Å²) in [6, 6.07) is 7.46. The number of pyridine rings is 1. The molecule has 0 unspecified atom stereocenters. The number of aryl methyl sites for hydroxylation is 1. The highest BCUT2D eigenvalue weighted by atomic mass is 16.2. The van der Waals surface area contributed by atoms with Crippen LogP contribution < -0.4 is 0 Å². The number of aromatic nitrogens is 3. The zero-order valence-electron chi connectivity index (χ0n) is 12.4. The van der Waals surface area contributed by atoms with Gasteiger partial charge in [-0.1, -0.05) is 6.07 Å². The van der Waals surface area contributed by atoms with E-state index in [0.717, 1.165) is 5.69 Å². The lowest BCUT2D eigenvalue weighted by atomic mass is 10.0. The Kier molecular flexibility index (Phi) is 3.88. The van der Waals surface area contributed by atoms with Crippen LogP contribution in [0.4, 0.5) is 0 Å². The molecule has 0 radical (unpaired) electrons. The molecule has 5 nitrogen and oxygen atoms in total. The molecule has 0 saturated carbocycles. The van der Waals surface area contributed by atoms with Crippen LogP contribution in [-0.4, -0.2) is 31.1 Å². The zero-order chi connectivity index (χ0) is 14.8. The summed E-state index contributed by atoms with van der Waals surface area (Å²) in [7, 11) is 1.77. The second-order valence-electron chi connectivity index (χ2n) is 5.72. The molecule has 0 bridgehead atoms. The minimum absolute atomic E-state index is 0.0387. The summed E-state index contributed by atoms with van der Waals surface area (Å²) in [6.07, 6.45) is 3.37. The molecule has 0 aliphatic rings. The Morgan fingerprint density at radius 3 is 2.50 bits per heavy atom. The van der Waals surface area contributed by atoms with E-state index in [1.807, 2.05) is 43.9 Å². The van der Waals surface area contributed by atoms with Crippen molar-refractivity contribution < 1.29 is 4.79 Å². The normalized spacial score (nSPS) is 11.4. The molecule has 0 aliphatic heterocycles. The van der Waals surface area contributed by atoms with E-state index in [9.17, 15) is 4.79 Å². The van der Waals surface area contributed by atoms with E-state index < -0.39 is 0 Å². The van der Waals surface area contributed by atoms with Crippen LogP contribution in [0.25, 0.3) is 0 Å². The van der Waals surface area contributed by atoms with E-state index >= 15 is 0 Å². The van der Waals surface area contributed by atoms with Gasteiger partial charge >= 0.3 is 0 Å². The summed E-state index contributed by atoms with van der Waals surface area (Å²) in [5, 5.41) is 4.06. The fourth-order valence-corrected chi connectivity index (χ4v) is 1.99. The van der Waals surface area contributed by atoms with Crippen molar-refractivity contribution in [3.05, 3.63) is 48.0 Å². The van der Waals surface area contributed by atoms with Gasteiger partial charge in [0.25, 0.3) is 5.91 Å². The maximum atomic E-state index is 12.7. The molecule has 0 aliphatic carbocycles. The van der Waals surface area contributed by atoms with Gasteiger partial charge in [0.2, 0.25) is 0 Å². The van der Waals surface area contributed by atoms with Crippen LogP contribution in [-0.2, 0) is 13.6 Å². The first-order valence-electron chi connectivity index (χ1n) is 6.59. The van der Waals surface area contributed by atoms with E-state index in [0.29, 0.717) is 12.2 Å². The SMILES string of the molecule is Cn1nccc1C(=O)N(Cc1ccccn1)C(C)(C)C. The molecule has 2 aromatic heterocycles. The van der Waals surface area contributed by atoms with Crippen LogP contribution in [0, 0.1) is 0 Å². The molecule has 0 aromatic carbocycles. The molecule has 2 rings (SSSR count). The number of rotatable bonds is 3. The quantitative estimate of drug-likeness (QED) is 0.861. The predicted octanol–water partition coefficient (Wildman–Crippen LogP) is 2.26. The third-order valence-electron chi connectivity index (χ3n) is 3.14. The summed E-state index contributed by atoms with van der Waals surface area (Å²) < 4.78 is 1.60. The zero-order valence-corrected chi connectivity index (χ0v) is 12.4. The van der Waals surface area contributed by atoms with Crippen molar-refractivity contribution in [2.45, 2.75) is 32.9 Å². The Labute approximate surface area is 119 Å². The first-order valence-corrected chi connectivity index (χ1v) is 6.59. The van der Waals surface area contributed by atoms with Crippen molar-refractivity contribution in [1.29, 1.82) is 0 Å². The molecule has 2 aromatic rings. The second-order valence-corrected chi connectivity index (χ2v) is 5.72. The lowest BCUT2D eigenvalue weighted by molar-refractivity contribution is 0.0543. The maximum absolute atomic E-state index is 12.7. The van der Waals surface area contributed by atoms with E-state index in [1.54, 1.807) is 30.2 Å². The molecule has 0 fully saturated rings. The summed E-state index contributed by atoms with van der Waals surface area (Å²) >= 11 is 0. The van der Waals surface area contributed by atoms with Gasteiger partial charge in [0, 0.05) is 25.0 Å². The van der Waals surface area contributed by atoms with Crippen molar-refractivity contribution >= 4 is 5.91 Å². The van der Waals surface area contributed by atoms with Gasteiger partial charge in [-0.05, 0) is 39.0 Å². The first-order chi connectivity index (χ1) is 9.39. The fraction of sp³-hybridized carbons (Fsp3) is 0.400. The van der Waals surface area contributed by atoms with Gasteiger partial charge < -0.3 is 4.90 Å². The number of hydrogen-bond acceptors (Lipinski definition) is 3. The van der Waals surface area contributed by atoms with Gasteiger partial charge in [0.1, 0.15) is 5.69 Å². The van der Waals surface area contributed by atoms with Crippen LogP contribution in [0.2, 0.25) is 0 Å². The molecule has 0 saturated heterocycles. The maximum Gasteiger partial charge on any atom is 0.272 e. The van der Waals surface area contributed by atoms with Gasteiger partial charge in [-0.2, -0.15) is 5.10 Å². The molecule has 5 heteroatoms. The Hall–Kier alpha value is -2.17. The van der Waals surface area contributed by atoms with Crippen LogP contribution in [0.5, 0.6) is 0 Å². The summed E-state index contributed by atoms with van der Waals surface area (Å²) in [4.78, 5) is 18.8. The molecule has 106 valence electrons. The van der Waals surface area contributed by atoms with Crippen molar-refractivity contribution in [2.75, 3.05) is 0 Å². The highest BCUT2D eigenvalue weighted by Crippen LogP contribution is 2.19. The van der Waals surface area contributed by atoms with E-state index in [-0.39, 0.29) is 11.4 Å². The van der Waals surface area contributed by atoms with Gasteiger partial charge in [-0.25, -0.2) is 0 Å². The minimum atomic E-state index is -0.293. The number of carbonyl (C=O) groups is 1. The lowest BCUT2D eigenvalue weighted by Crippen LogP contribution is -2.45. The summed E-state index contributed by atoms with van der Waals surface area (Å²) in [6.45, 7) is 6.53. The predicted molar refractivity (Wildman–Crippen MR) is 77.1 cm³/mol.